The van der Waals surface area contributed by atoms with E-state index in [2.05, 4.69) is 0 Å². The van der Waals surface area contributed by atoms with Gasteiger partial charge in [0.25, 0.3) is 0 Å². The second kappa shape index (κ2) is 7.56. The quantitative estimate of drug-likeness (QED) is 0.431. The normalized spacial score (nSPS) is 11.7. The molecule has 1 unspecified atom stereocenters. The fourth-order valence-corrected chi connectivity index (χ4v) is 1.88. The van der Waals surface area contributed by atoms with Gasteiger partial charge in [-0.05, 0) is 18.6 Å². The van der Waals surface area contributed by atoms with Crippen LogP contribution in [0.1, 0.15) is 36.5 Å². The van der Waals surface area contributed by atoms with Crippen molar-refractivity contribution in [2.45, 2.75) is 26.2 Å². The van der Waals surface area contributed by atoms with E-state index in [4.69, 9.17) is 9.47 Å². The van der Waals surface area contributed by atoms with E-state index in [1.807, 2.05) is 6.92 Å². The third-order valence-corrected chi connectivity index (χ3v) is 3.00. The van der Waals surface area contributed by atoms with Crippen molar-refractivity contribution in [2.24, 2.45) is 5.92 Å². The van der Waals surface area contributed by atoms with Crippen LogP contribution in [0.4, 0.5) is 0 Å². The number of ether oxygens (including phenoxy) is 2. The molecule has 0 saturated carbocycles. The first-order chi connectivity index (χ1) is 9.13. The topological polar surface area (TPSA) is 52.6 Å². The number of rotatable bonds is 7. The SMILES string of the molecule is CCCCC(C(=O)OC)C(=O)c1cccc(OC)c1. The fourth-order valence-electron chi connectivity index (χ4n) is 1.88. The summed E-state index contributed by atoms with van der Waals surface area (Å²) in [7, 11) is 2.85. The van der Waals surface area contributed by atoms with E-state index in [9.17, 15) is 9.59 Å². The Kier molecular flexibility index (Phi) is 6.06. The molecule has 104 valence electrons. The van der Waals surface area contributed by atoms with E-state index in [-0.39, 0.29) is 5.78 Å². The standard InChI is InChI=1S/C15H20O4/c1-4-5-9-13(15(17)19-3)14(16)11-7-6-8-12(10-11)18-2/h6-8,10,13H,4-5,9H2,1-3H3. The molecule has 0 aliphatic carbocycles. The van der Waals surface area contributed by atoms with Gasteiger partial charge in [0.15, 0.2) is 5.78 Å². The molecule has 0 N–H and O–H groups in total. The number of benzene rings is 1. The molecule has 4 heteroatoms. The van der Waals surface area contributed by atoms with Gasteiger partial charge >= 0.3 is 5.97 Å². The summed E-state index contributed by atoms with van der Waals surface area (Å²) in [6.07, 6.45) is 2.26. The highest BCUT2D eigenvalue weighted by Gasteiger charge is 2.27. The molecule has 0 aromatic heterocycles. The Balaban J connectivity index is 2.93. The summed E-state index contributed by atoms with van der Waals surface area (Å²) < 4.78 is 9.80. The Hall–Kier alpha value is -1.84. The second-order valence-corrected chi connectivity index (χ2v) is 4.31. The number of ketones is 1. The minimum Gasteiger partial charge on any atom is -0.497 e. The monoisotopic (exact) mass is 264 g/mol. The van der Waals surface area contributed by atoms with Crippen LogP contribution in [0.2, 0.25) is 0 Å². The van der Waals surface area contributed by atoms with Gasteiger partial charge in [-0.2, -0.15) is 0 Å². The Labute approximate surface area is 113 Å². The van der Waals surface area contributed by atoms with Gasteiger partial charge in [0.2, 0.25) is 0 Å². The van der Waals surface area contributed by atoms with Crippen LogP contribution in [-0.4, -0.2) is 26.0 Å². The van der Waals surface area contributed by atoms with Gasteiger partial charge in [0, 0.05) is 5.56 Å². The minimum absolute atomic E-state index is 0.209. The highest BCUT2D eigenvalue weighted by atomic mass is 16.5. The molecule has 1 aromatic rings. The minimum atomic E-state index is -0.725. The number of methoxy groups -OCH3 is 2. The van der Waals surface area contributed by atoms with Crippen LogP contribution in [0, 0.1) is 5.92 Å². The maximum atomic E-state index is 12.4. The first kappa shape index (κ1) is 15.2. The predicted octanol–water partition coefficient (Wildman–Crippen LogP) is 2.86. The summed E-state index contributed by atoms with van der Waals surface area (Å²) in [5, 5.41) is 0. The Morgan fingerprint density at radius 2 is 2.00 bits per heavy atom. The molecule has 0 heterocycles. The first-order valence-electron chi connectivity index (χ1n) is 6.40. The van der Waals surface area contributed by atoms with E-state index >= 15 is 0 Å². The molecule has 1 atom stereocenters. The van der Waals surface area contributed by atoms with Gasteiger partial charge in [0.1, 0.15) is 11.7 Å². The number of hydrogen-bond acceptors (Lipinski definition) is 4. The van der Waals surface area contributed by atoms with Gasteiger partial charge in [-0.1, -0.05) is 31.9 Å². The van der Waals surface area contributed by atoms with Crippen LogP contribution in [0.15, 0.2) is 24.3 Å². The Morgan fingerprint density at radius 1 is 1.26 bits per heavy atom. The molecule has 0 saturated heterocycles. The highest BCUT2D eigenvalue weighted by Crippen LogP contribution is 2.20. The molecular weight excluding hydrogens is 244 g/mol. The molecule has 1 rings (SSSR count). The number of unbranched alkanes of at least 4 members (excludes halogenated alkanes) is 1. The third kappa shape index (κ3) is 4.09. The van der Waals surface area contributed by atoms with E-state index in [0.717, 1.165) is 12.8 Å². The number of hydrogen-bond donors (Lipinski definition) is 0. The van der Waals surface area contributed by atoms with Crippen molar-refractivity contribution < 1.29 is 19.1 Å². The van der Waals surface area contributed by atoms with E-state index in [0.29, 0.717) is 17.7 Å². The molecule has 0 amide bonds. The average molecular weight is 264 g/mol. The average Bonchev–Trinajstić information content (AvgIpc) is 2.47. The summed E-state index contributed by atoms with van der Waals surface area (Å²) in [5.41, 5.74) is 0.478. The Bertz CT molecular complexity index is 440. The molecule has 0 radical (unpaired) electrons. The zero-order valence-electron chi connectivity index (χ0n) is 11.6. The lowest BCUT2D eigenvalue weighted by Crippen LogP contribution is -2.25. The van der Waals surface area contributed by atoms with Crippen LogP contribution in [0.25, 0.3) is 0 Å². The van der Waals surface area contributed by atoms with E-state index in [1.54, 1.807) is 31.4 Å². The molecule has 0 aliphatic rings. The lowest BCUT2D eigenvalue weighted by atomic mass is 9.92. The van der Waals surface area contributed by atoms with Crippen LogP contribution in [-0.2, 0) is 9.53 Å². The zero-order valence-corrected chi connectivity index (χ0v) is 11.6. The lowest BCUT2D eigenvalue weighted by Gasteiger charge is -2.13. The summed E-state index contributed by atoms with van der Waals surface area (Å²) in [6, 6.07) is 6.83. The highest BCUT2D eigenvalue weighted by molar-refractivity contribution is 6.08. The van der Waals surface area contributed by atoms with Gasteiger partial charge < -0.3 is 9.47 Å². The van der Waals surface area contributed by atoms with Crippen molar-refractivity contribution in [3.63, 3.8) is 0 Å². The third-order valence-electron chi connectivity index (χ3n) is 3.00. The van der Waals surface area contributed by atoms with Crippen LogP contribution in [0.5, 0.6) is 5.75 Å². The van der Waals surface area contributed by atoms with Crippen molar-refractivity contribution in [3.8, 4) is 5.75 Å². The molecule has 0 aliphatic heterocycles. The van der Waals surface area contributed by atoms with Crippen molar-refractivity contribution in [1.82, 2.24) is 0 Å². The maximum Gasteiger partial charge on any atom is 0.316 e. The van der Waals surface area contributed by atoms with Gasteiger partial charge in [-0.15, -0.1) is 0 Å². The summed E-state index contributed by atoms with van der Waals surface area (Å²) in [6.45, 7) is 2.02. The van der Waals surface area contributed by atoms with Crippen LogP contribution in [0.3, 0.4) is 0 Å². The molecule has 1 aromatic carbocycles. The molecule has 19 heavy (non-hydrogen) atoms. The maximum absolute atomic E-state index is 12.4. The smallest absolute Gasteiger partial charge is 0.316 e. The first-order valence-corrected chi connectivity index (χ1v) is 6.40. The number of Topliss-reactive ketones (excluding diaryl/α,β-unsaturated/α-hetero) is 1. The summed E-state index contributed by atoms with van der Waals surface area (Å²) in [4.78, 5) is 24.1. The van der Waals surface area contributed by atoms with Crippen LogP contribution >= 0.6 is 0 Å². The molecule has 4 nitrogen and oxygen atoms in total. The second-order valence-electron chi connectivity index (χ2n) is 4.31. The van der Waals surface area contributed by atoms with Gasteiger partial charge in [-0.3, -0.25) is 9.59 Å². The zero-order chi connectivity index (χ0) is 14.3. The lowest BCUT2D eigenvalue weighted by molar-refractivity contribution is -0.143. The van der Waals surface area contributed by atoms with Crippen LogP contribution < -0.4 is 4.74 Å². The van der Waals surface area contributed by atoms with E-state index < -0.39 is 11.9 Å². The van der Waals surface area contributed by atoms with Crippen molar-refractivity contribution in [3.05, 3.63) is 29.8 Å². The number of esters is 1. The van der Waals surface area contributed by atoms with Crippen molar-refractivity contribution in [1.29, 1.82) is 0 Å². The van der Waals surface area contributed by atoms with Crippen molar-refractivity contribution in [2.75, 3.05) is 14.2 Å². The van der Waals surface area contributed by atoms with E-state index in [1.165, 1.54) is 7.11 Å². The van der Waals surface area contributed by atoms with Gasteiger partial charge in [-0.25, -0.2) is 0 Å². The van der Waals surface area contributed by atoms with Crippen molar-refractivity contribution >= 4 is 11.8 Å². The fraction of sp³-hybridized carbons (Fsp3) is 0.467. The predicted molar refractivity (Wildman–Crippen MR) is 72.4 cm³/mol. The summed E-state index contributed by atoms with van der Waals surface area (Å²) >= 11 is 0. The van der Waals surface area contributed by atoms with Gasteiger partial charge in [0.05, 0.1) is 14.2 Å². The Morgan fingerprint density at radius 3 is 2.58 bits per heavy atom. The largest absolute Gasteiger partial charge is 0.497 e. The number of carbonyl (C=O) groups is 2. The molecule has 0 spiro atoms. The summed E-state index contributed by atoms with van der Waals surface area (Å²) in [5.74, 6) is -0.803. The number of carbonyl (C=O) groups excluding carboxylic acids is 2. The molecular formula is C15H20O4. The molecule has 0 bridgehead atoms. The molecule has 0 fully saturated rings.